The van der Waals surface area contributed by atoms with E-state index in [9.17, 15) is 0 Å². The maximum atomic E-state index is 3.37. The molecule has 1 aromatic carbocycles. The molecule has 0 aliphatic carbocycles. The molecular weight excluding hydrogens is 170 g/mol. The number of benzene rings is 1. The molecule has 1 aromatic rings. The van der Waals surface area contributed by atoms with Gasteiger partial charge in [-0.3, -0.25) is 0 Å². The Morgan fingerprint density at radius 1 is 1.21 bits per heavy atom. The zero-order valence-corrected chi connectivity index (χ0v) is 9.03. The van der Waals surface area contributed by atoms with Crippen LogP contribution in [0.25, 0.3) is 6.08 Å². The second-order valence-corrected chi connectivity index (χ2v) is 3.87. The van der Waals surface area contributed by atoms with E-state index >= 15 is 0 Å². The Balaban J connectivity index is 2.21. The molecule has 0 aromatic heterocycles. The largest absolute Gasteiger partial charge is 0.313 e. The lowest BCUT2D eigenvalue weighted by atomic mass is 10.2. The van der Waals surface area contributed by atoms with Gasteiger partial charge in [-0.05, 0) is 18.0 Å². The summed E-state index contributed by atoms with van der Waals surface area (Å²) < 4.78 is 0. The fourth-order valence-electron chi connectivity index (χ4n) is 1.21. The van der Waals surface area contributed by atoms with E-state index in [1.807, 2.05) is 6.07 Å². The van der Waals surface area contributed by atoms with E-state index in [1.54, 1.807) is 0 Å². The molecule has 0 aliphatic rings. The zero-order valence-electron chi connectivity index (χ0n) is 9.03. The number of hydrogen-bond donors (Lipinski definition) is 1. The molecule has 1 heteroatoms. The minimum atomic E-state index is 0.722. The van der Waals surface area contributed by atoms with Gasteiger partial charge < -0.3 is 5.32 Å². The number of hydrogen-bond acceptors (Lipinski definition) is 1. The highest BCUT2D eigenvalue weighted by Crippen LogP contribution is 1.99. The van der Waals surface area contributed by atoms with Gasteiger partial charge in [0.2, 0.25) is 0 Å². The van der Waals surface area contributed by atoms with Gasteiger partial charge in [0.1, 0.15) is 0 Å². The molecule has 0 bridgehead atoms. The second-order valence-electron chi connectivity index (χ2n) is 3.87. The third-order valence-corrected chi connectivity index (χ3v) is 1.92. The maximum absolute atomic E-state index is 3.37. The fraction of sp³-hybridized carbons (Fsp3) is 0.385. The first-order valence-corrected chi connectivity index (χ1v) is 5.21. The van der Waals surface area contributed by atoms with Crippen molar-refractivity contribution in [2.45, 2.75) is 13.8 Å². The molecule has 14 heavy (non-hydrogen) atoms. The van der Waals surface area contributed by atoms with Gasteiger partial charge in [0.25, 0.3) is 0 Å². The fourth-order valence-corrected chi connectivity index (χ4v) is 1.21. The lowest BCUT2D eigenvalue weighted by molar-refractivity contribution is 0.577. The van der Waals surface area contributed by atoms with Gasteiger partial charge in [-0.2, -0.15) is 0 Å². The summed E-state index contributed by atoms with van der Waals surface area (Å²) in [5.41, 5.74) is 1.26. The molecule has 1 N–H and O–H groups in total. The van der Waals surface area contributed by atoms with Gasteiger partial charge in [0.15, 0.2) is 0 Å². The Bertz CT molecular complexity index is 262. The van der Waals surface area contributed by atoms with Crippen LogP contribution in [0.2, 0.25) is 0 Å². The Morgan fingerprint density at radius 2 is 1.93 bits per heavy atom. The molecule has 0 fully saturated rings. The topological polar surface area (TPSA) is 12.0 Å². The molecule has 0 atom stereocenters. The zero-order chi connectivity index (χ0) is 10.2. The molecule has 0 amide bonds. The molecule has 1 rings (SSSR count). The van der Waals surface area contributed by atoms with Crippen molar-refractivity contribution in [2.24, 2.45) is 5.92 Å². The van der Waals surface area contributed by atoms with Gasteiger partial charge in [-0.25, -0.2) is 0 Å². The van der Waals surface area contributed by atoms with Crippen molar-refractivity contribution < 1.29 is 0 Å². The van der Waals surface area contributed by atoms with Crippen LogP contribution in [0.1, 0.15) is 19.4 Å². The normalized spacial score (nSPS) is 11.4. The highest BCUT2D eigenvalue weighted by atomic mass is 14.8. The number of nitrogens with one attached hydrogen (secondary N) is 1. The van der Waals surface area contributed by atoms with E-state index in [0.29, 0.717) is 0 Å². The predicted octanol–water partition coefficient (Wildman–Crippen LogP) is 2.95. The van der Waals surface area contributed by atoms with Crippen LogP contribution in [0.5, 0.6) is 0 Å². The van der Waals surface area contributed by atoms with Crippen LogP contribution in [0.15, 0.2) is 36.4 Å². The Morgan fingerprint density at radius 3 is 2.57 bits per heavy atom. The first-order chi connectivity index (χ1) is 6.79. The van der Waals surface area contributed by atoms with E-state index in [1.165, 1.54) is 5.56 Å². The lowest BCUT2D eigenvalue weighted by Gasteiger charge is -2.03. The van der Waals surface area contributed by atoms with Crippen molar-refractivity contribution in [2.75, 3.05) is 13.1 Å². The third kappa shape index (κ3) is 4.83. The quantitative estimate of drug-likeness (QED) is 0.702. The van der Waals surface area contributed by atoms with Crippen molar-refractivity contribution in [3.8, 4) is 0 Å². The second kappa shape index (κ2) is 6.39. The summed E-state index contributed by atoms with van der Waals surface area (Å²) in [6.45, 7) is 6.47. The monoisotopic (exact) mass is 189 g/mol. The van der Waals surface area contributed by atoms with Gasteiger partial charge in [-0.15, -0.1) is 0 Å². The van der Waals surface area contributed by atoms with Crippen LogP contribution in [0, 0.1) is 5.92 Å². The molecule has 0 heterocycles. The van der Waals surface area contributed by atoms with Crippen molar-refractivity contribution in [3.05, 3.63) is 42.0 Å². The predicted molar refractivity (Wildman–Crippen MR) is 63.2 cm³/mol. The minimum absolute atomic E-state index is 0.722. The van der Waals surface area contributed by atoms with Crippen LogP contribution in [0.4, 0.5) is 0 Å². The minimum Gasteiger partial charge on any atom is -0.313 e. The third-order valence-electron chi connectivity index (χ3n) is 1.92. The van der Waals surface area contributed by atoms with Crippen LogP contribution in [0.3, 0.4) is 0 Å². The summed E-state index contributed by atoms with van der Waals surface area (Å²) in [5.74, 6) is 0.722. The summed E-state index contributed by atoms with van der Waals surface area (Å²) in [4.78, 5) is 0. The van der Waals surface area contributed by atoms with Crippen LogP contribution >= 0.6 is 0 Å². The molecule has 1 nitrogen and oxygen atoms in total. The van der Waals surface area contributed by atoms with Gasteiger partial charge in [0, 0.05) is 6.54 Å². The highest BCUT2D eigenvalue weighted by molar-refractivity contribution is 5.48. The average molecular weight is 189 g/mol. The van der Waals surface area contributed by atoms with Gasteiger partial charge in [-0.1, -0.05) is 56.3 Å². The highest BCUT2D eigenvalue weighted by Gasteiger charge is 1.89. The summed E-state index contributed by atoms with van der Waals surface area (Å²) in [6.07, 6.45) is 4.31. The van der Waals surface area contributed by atoms with Crippen molar-refractivity contribution in [3.63, 3.8) is 0 Å². The van der Waals surface area contributed by atoms with E-state index in [4.69, 9.17) is 0 Å². The number of rotatable bonds is 5. The Labute approximate surface area is 86.8 Å². The van der Waals surface area contributed by atoms with Gasteiger partial charge in [0.05, 0.1) is 0 Å². The molecule has 0 aliphatic heterocycles. The molecule has 0 unspecified atom stereocenters. The average Bonchev–Trinajstić information content (AvgIpc) is 2.18. The van der Waals surface area contributed by atoms with Crippen LogP contribution in [-0.4, -0.2) is 13.1 Å². The summed E-state index contributed by atoms with van der Waals surface area (Å²) in [5, 5.41) is 3.37. The molecule has 76 valence electrons. The van der Waals surface area contributed by atoms with E-state index < -0.39 is 0 Å². The molecule has 0 saturated heterocycles. The molecular formula is C13H19N. The SMILES string of the molecule is CC(C)CNCC=Cc1ccccc1. The van der Waals surface area contributed by atoms with E-state index in [-0.39, 0.29) is 0 Å². The van der Waals surface area contributed by atoms with Crippen molar-refractivity contribution in [1.29, 1.82) is 0 Å². The first-order valence-electron chi connectivity index (χ1n) is 5.21. The Kier molecular flexibility index (Phi) is 5.02. The first kappa shape index (κ1) is 11.0. The van der Waals surface area contributed by atoms with Gasteiger partial charge >= 0.3 is 0 Å². The standard InChI is InChI=1S/C13H19N/c1-12(2)11-14-10-6-9-13-7-4-3-5-8-13/h3-9,12,14H,10-11H2,1-2H3. The summed E-state index contributed by atoms with van der Waals surface area (Å²) in [6, 6.07) is 10.4. The Hall–Kier alpha value is -1.08. The maximum Gasteiger partial charge on any atom is 0.0138 e. The van der Waals surface area contributed by atoms with Crippen molar-refractivity contribution >= 4 is 6.08 Å². The summed E-state index contributed by atoms with van der Waals surface area (Å²) in [7, 11) is 0. The van der Waals surface area contributed by atoms with E-state index in [0.717, 1.165) is 19.0 Å². The smallest absolute Gasteiger partial charge is 0.0138 e. The lowest BCUT2D eigenvalue weighted by Crippen LogP contribution is -2.19. The van der Waals surface area contributed by atoms with Crippen LogP contribution in [-0.2, 0) is 0 Å². The molecule has 0 radical (unpaired) electrons. The van der Waals surface area contributed by atoms with E-state index in [2.05, 4.69) is 55.6 Å². The molecule has 0 spiro atoms. The molecule has 0 saturated carbocycles. The van der Waals surface area contributed by atoms with Crippen LogP contribution < -0.4 is 5.32 Å². The van der Waals surface area contributed by atoms with Crippen molar-refractivity contribution in [1.82, 2.24) is 5.32 Å². The summed E-state index contributed by atoms with van der Waals surface area (Å²) >= 11 is 0.